The Balaban J connectivity index is 0.00000220. The number of benzene rings is 1. The van der Waals surface area contributed by atoms with Gasteiger partial charge in [-0.25, -0.2) is 0 Å². The van der Waals surface area contributed by atoms with Crippen molar-refractivity contribution in [2.24, 2.45) is 5.92 Å². The van der Waals surface area contributed by atoms with E-state index in [-0.39, 0.29) is 24.0 Å². The number of nitro benzene ring substituents is 1. The first kappa shape index (κ1) is 17.9. The molecule has 0 spiro atoms. The number of halogens is 2. The molecule has 1 aromatic carbocycles. The topological polar surface area (TPSA) is 84.3 Å². The Kier molecular flexibility index (Phi) is 7.07. The Morgan fingerprint density at radius 1 is 1.52 bits per heavy atom. The van der Waals surface area contributed by atoms with Crippen LogP contribution in [0.4, 0.5) is 5.69 Å². The standard InChI is InChI=1S/C13H16BrN3O3.ClH/c14-12-6-10(17(19)20)3-4-11(12)13(18)16-8-9-2-1-5-15-7-9;/h3-4,6,9,15H,1-2,5,7-8H2,(H,16,18);1H. The van der Waals surface area contributed by atoms with Crippen molar-refractivity contribution in [2.45, 2.75) is 12.8 Å². The van der Waals surface area contributed by atoms with Crippen molar-refractivity contribution in [1.82, 2.24) is 10.6 Å². The van der Waals surface area contributed by atoms with E-state index in [2.05, 4.69) is 26.6 Å². The normalized spacial score (nSPS) is 17.7. The van der Waals surface area contributed by atoms with Gasteiger partial charge in [0.15, 0.2) is 0 Å². The highest BCUT2D eigenvalue weighted by molar-refractivity contribution is 9.10. The van der Waals surface area contributed by atoms with E-state index in [4.69, 9.17) is 0 Å². The van der Waals surface area contributed by atoms with Crippen LogP contribution < -0.4 is 10.6 Å². The third-order valence-electron chi connectivity index (χ3n) is 3.36. The van der Waals surface area contributed by atoms with Crippen molar-refractivity contribution in [2.75, 3.05) is 19.6 Å². The fourth-order valence-corrected chi connectivity index (χ4v) is 2.78. The largest absolute Gasteiger partial charge is 0.352 e. The number of rotatable bonds is 4. The van der Waals surface area contributed by atoms with E-state index in [1.54, 1.807) is 0 Å². The van der Waals surface area contributed by atoms with Crippen LogP contribution in [0.5, 0.6) is 0 Å². The lowest BCUT2D eigenvalue weighted by molar-refractivity contribution is -0.384. The lowest BCUT2D eigenvalue weighted by atomic mass is 9.99. The van der Waals surface area contributed by atoms with Gasteiger partial charge in [0, 0.05) is 23.2 Å². The zero-order valence-corrected chi connectivity index (χ0v) is 13.7. The van der Waals surface area contributed by atoms with Crippen LogP contribution in [0.1, 0.15) is 23.2 Å². The molecule has 2 N–H and O–H groups in total. The van der Waals surface area contributed by atoms with Crippen LogP contribution in [0, 0.1) is 16.0 Å². The Bertz CT molecular complexity index is 521. The van der Waals surface area contributed by atoms with Crippen molar-refractivity contribution in [1.29, 1.82) is 0 Å². The SMILES string of the molecule is Cl.O=C(NCC1CCCNC1)c1ccc([N+](=O)[O-])cc1Br. The van der Waals surface area contributed by atoms with Gasteiger partial charge in [0.05, 0.1) is 10.5 Å². The summed E-state index contributed by atoms with van der Waals surface area (Å²) in [5, 5.41) is 16.8. The molecular weight excluding hydrogens is 362 g/mol. The third-order valence-corrected chi connectivity index (χ3v) is 4.01. The summed E-state index contributed by atoms with van der Waals surface area (Å²) in [4.78, 5) is 22.2. The summed E-state index contributed by atoms with van der Waals surface area (Å²) in [7, 11) is 0. The molecule has 1 aromatic rings. The zero-order valence-electron chi connectivity index (χ0n) is 11.3. The monoisotopic (exact) mass is 377 g/mol. The molecule has 1 aliphatic rings. The summed E-state index contributed by atoms with van der Waals surface area (Å²) in [5.74, 6) is 0.238. The van der Waals surface area contributed by atoms with Crippen LogP contribution in [-0.4, -0.2) is 30.5 Å². The van der Waals surface area contributed by atoms with Crippen LogP contribution in [0.15, 0.2) is 22.7 Å². The van der Waals surface area contributed by atoms with Crippen LogP contribution in [0.25, 0.3) is 0 Å². The van der Waals surface area contributed by atoms with Gasteiger partial charge in [0.1, 0.15) is 0 Å². The second-order valence-electron chi connectivity index (χ2n) is 4.84. The van der Waals surface area contributed by atoms with Crippen LogP contribution >= 0.6 is 28.3 Å². The summed E-state index contributed by atoms with van der Waals surface area (Å²) in [6, 6.07) is 4.15. The maximum Gasteiger partial charge on any atom is 0.270 e. The van der Waals surface area contributed by atoms with Gasteiger partial charge in [-0.1, -0.05) is 0 Å². The first-order valence-electron chi connectivity index (χ1n) is 6.51. The van der Waals surface area contributed by atoms with E-state index >= 15 is 0 Å². The van der Waals surface area contributed by atoms with Gasteiger partial charge in [-0.05, 0) is 53.8 Å². The third kappa shape index (κ3) is 4.94. The molecule has 8 heteroatoms. The van der Waals surface area contributed by atoms with Gasteiger partial charge in [-0.3, -0.25) is 14.9 Å². The predicted molar refractivity (Wildman–Crippen MR) is 86.0 cm³/mol. The first-order chi connectivity index (χ1) is 9.58. The maximum atomic E-state index is 12.1. The molecular formula is C13H17BrClN3O3. The van der Waals surface area contributed by atoms with Crippen molar-refractivity contribution in [3.8, 4) is 0 Å². The summed E-state index contributed by atoms with van der Waals surface area (Å²) in [5.41, 5.74) is 0.379. The fourth-order valence-electron chi connectivity index (χ4n) is 2.23. The summed E-state index contributed by atoms with van der Waals surface area (Å²) >= 11 is 3.20. The molecule has 21 heavy (non-hydrogen) atoms. The first-order valence-corrected chi connectivity index (χ1v) is 7.30. The summed E-state index contributed by atoms with van der Waals surface area (Å²) in [6.07, 6.45) is 2.23. The Labute approximate surface area is 137 Å². The van der Waals surface area contributed by atoms with Gasteiger partial charge >= 0.3 is 0 Å². The molecule has 0 radical (unpaired) electrons. The quantitative estimate of drug-likeness (QED) is 0.623. The fraction of sp³-hybridized carbons (Fsp3) is 0.462. The van der Waals surface area contributed by atoms with Crippen LogP contribution in [0.3, 0.4) is 0 Å². The zero-order chi connectivity index (χ0) is 14.5. The van der Waals surface area contributed by atoms with Crippen LogP contribution in [0.2, 0.25) is 0 Å². The summed E-state index contributed by atoms with van der Waals surface area (Å²) in [6.45, 7) is 2.58. The van der Waals surface area contributed by atoms with Gasteiger partial charge in [-0.2, -0.15) is 0 Å². The van der Waals surface area contributed by atoms with E-state index < -0.39 is 4.92 Å². The van der Waals surface area contributed by atoms with E-state index in [0.717, 1.165) is 25.9 Å². The highest BCUT2D eigenvalue weighted by atomic mass is 79.9. The number of piperidine rings is 1. The molecule has 116 valence electrons. The highest BCUT2D eigenvalue weighted by Crippen LogP contribution is 2.23. The smallest absolute Gasteiger partial charge is 0.270 e. The molecule has 1 atom stereocenters. The minimum atomic E-state index is -0.486. The minimum Gasteiger partial charge on any atom is -0.352 e. The van der Waals surface area contributed by atoms with Crippen LogP contribution in [-0.2, 0) is 0 Å². The molecule has 1 aliphatic heterocycles. The number of carbonyl (C=O) groups excluding carboxylic acids is 1. The predicted octanol–water partition coefficient (Wildman–Crippen LogP) is 2.51. The van der Waals surface area contributed by atoms with Crippen molar-refractivity contribution >= 4 is 39.9 Å². The van der Waals surface area contributed by atoms with Crippen molar-refractivity contribution in [3.05, 3.63) is 38.3 Å². The molecule has 2 rings (SSSR count). The van der Waals surface area contributed by atoms with Crippen molar-refractivity contribution < 1.29 is 9.72 Å². The molecule has 1 unspecified atom stereocenters. The molecule has 0 aliphatic carbocycles. The molecule has 0 saturated carbocycles. The van der Waals surface area contributed by atoms with Gasteiger partial charge < -0.3 is 10.6 Å². The van der Waals surface area contributed by atoms with E-state index in [1.165, 1.54) is 18.2 Å². The van der Waals surface area contributed by atoms with Gasteiger partial charge in [0.2, 0.25) is 0 Å². The van der Waals surface area contributed by atoms with Crippen molar-refractivity contribution in [3.63, 3.8) is 0 Å². The molecule has 1 amide bonds. The Hall–Kier alpha value is -1.18. The van der Waals surface area contributed by atoms with Gasteiger partial charge in [-0.15, -0.1) is 12.4 Å². The molecule has 1 heterocycles. The minimum absolute atomic E-state index is 0. The van der Waals surface area contributed by atoms with E-state index in [0.29, 0.717) is 22.5 Å². The Morgan fingerprint density at radius 2 is 2.29 bits per heavy atom. The molecule has 1 fully saturated rings. The molecule has 0 aromatic heterocycles. The highest BCUT2D eigenvalue weighted by Gasteiger charge is 2.17. The average Bonchev–Trinajstić information content (AvgIpc) is 2.45. The lowest BCUT2D eigenvalue weighted by Crippen LogP contribution is -2.38. The number of hydrogen-bond donors (Lipinski definition) is 2. The number of carbonyl (C=O) groups is 1. The number of nitro groups is 1. The number of nitrogens with zero attached hydrogens (tertiary/aromatic N) is 1. The maximum absolute atomic E-state index is 12.1. The number of non-ortho nitro benzene ring substituents is 1. The summed E-state index contributed by atoms with van der Waals surface area (Å²) < 4.78 is 0.436. The second-order valence-corrected chi connectivity index (χ2v) is 5.70. The number of hydrogen-bond acceptors (Lipinski definition) is 4. The second kappa shape index (κ2) is 8.31. The van der Waals surface area contributed by atoms with E-state index in [9.17, 15) is 14.9 Å². The molecule has 6 nitrogen and oxygen atoms in total. The molecule has 0 bridgehead atoms. The molecule has 1 saturated heterocycles. The Morgan fingerprint density at radius 3 is 2.86 bits per heavy atom. The number of amides is 1. The van der Waals surface area contributed by atoms with Gasteiger partial charge in [0.25, 0.3) is 11.6 Å². The number of nitrogens with one attached hydrogen (secondary N) is 2. The van der Waals surface area contributed by atoms with E-state index in [1.807, 2.05) is 0 Å². The lowest BCUT2D eigenvalue weighted by Gasteiger charge is -2.22. The average molecular weight is 379 g/mol.